The smallest absolute Gasteiger partial charge is 0.339 e. The van der Waals surface area contributed by atoms with Gasteiger partial charge in [0.25, 0.3) is 5.91 Å². The van der Waals surface area contributed by atoms with Crippen LogP contribution >= 0.6 is 0 Å². The molecule has 1 aromatic carbocycles. The number of esters is 1. The van der Waals surface area contributed by atoms with Crippen LogP contribution in [0, 0.1) is 12.3 Å². The van der Waals surface area contributed by atoms with Crippen LogP contribution < -0.4 is 5.32 Å². The van der Waals surface area contributed by atoms with Crippen molar-refractivity contribution in [3.05, 3.63) is 35.4 Å². The van der Waals surface area contributed by atoms with Gasteiger partial charge in [0.1, 0.15) is 0 Å². The van der Waals surface area contributed by atoms with Gasteiger partial charge in [-0.05, 0) is 46.8 Å². The van der Waals surface area contributed by atoms with Crippen molar-refractivity contribution in [3.8, 4) is 0 Å². The summed E-state index contributed by atoms with van der Waals surface area (Å²) in [4.78, 5) is 25.2. The van der Waals surface area contributed by atoms with Gasteiger partial charge in [0, 0.05) is 11.0 Å². The lowest BCUT2D eigenvalue weighted by Gasteiger charge is -2.41. The molecule has 0 saturated heterocycles. The second kappa shape index (κ2) is 6.34. The van der Waals surface area contributed by atoms with E-state index in [9.17, 15) is 9.59 Å². The number of aryl methyl sites for hydroxylation is 1. The number of amides is 1. The highest BCUT2D eigenvalue weighted by atomic mass is 16.6. The maximum Gasteiger partial charge on any atom is 0.339 e. The van der Waals surface area contributed by atoms with Crippen molar-refractivity contribution in [2.24, 2.45) is 5.41 Å². The van der Waals surface area contributed by atoms with Crippen LogP contribution in [0.15, 0.2) is 24.3 Å². The molecule has 0 fully saturated rings. The van der Waals surface area contributed by atoms with Crippen molar-refractivity contribution >= 4 is 11.9 Å². The van der Waals surface area contributed by atoms with Crippen molar-refractivity contribution in [2.75, 3.05) is 0 Å². The second-order valence-corrected chi connectivity index (χ2v) is 8.24. The number of hydrogen-bond donors (Lipinski definition) is 1. The van der Waals surface area contributed by atoms with Gasteiger partial charge in [-0.25, -0.2) is 4.79 Å². The summed E-state index contributed by atoms with van der Waals surface area (Å²) in [7, 11) is 0. The van der Waals surface area contributed by atoms with Crippen LogP contribution in [0.4, 0.5) is 0 Å². The third-order valence-corrected chi connectivity index (χ3v) is 3.94. The van der Waals surface area contributed by atoms with E-state index in [1.807, 2.05) is 60.6 Å². The molecule has 0 aliphatic carbocycles. The Morgan fingerprint density at radius 2 is 1.39 bits per heavy atom. The summed E-state index contributed by atoms with van der Waals surface area (Å²) >= 11 is 0. The third kappa shape index (κ3) is 4.81. The van der Waals surface area contributed by atoms with Crippen molar-refractivity contribution in [1.82, 2.24) is 5.32 Å². The summed E-state index contributed by atoms with van der Waals surface area (Å²) in [6, 6.07) is 7.12. The van der Waals surface area contributed by atoms with E-state index in [1.54, 1.807) is 19.1 Å². The summed E-state index contributed by atoms with van der Waals surface area (Å²) in [5, 5.41) is 2.92. The zero-order valence-corrected chi connectivity index (χ0v) is 15.5. The molecule has 0 aliphatic rings. The molecular formula is C19H29NO3. The molecule has 1 atom stereocenters. The molecule has 4 heteroatoms. The molecule has 0 spiro atoms. The van der Waals surface area contributed by atoms with E-state index in [-0.39, 0.29) is 5.91 Å². The Labute approximate surface area is 139 Å². The summed E-state index contributed by atoms with van der Waals surface area (Å²) < 4.78 is 5.69. The first-order valence-electron chi connectivity index (χ1n) is 7.89. The van der Waals surface area contributed by atoms with Crippen molar-refractivity contribution in [2.45, 2.75) is 66.5 Å². The topological polar surface area (TPSA) is 55.4 Å². The summed E-state index contributed by atoms with van der Waals surface area (Å²) in [6.45, 7) is 15.0. The number of carbonyl (C=O) groups excluding carboxylic acids is 2. The number of benzene rings is 1. The van der Waals surface area contributed by atoms with Gasteiger partial charge in [-0.15, -0.1) is 0 Å². The molecule has 1 N–H and O–H groups in total. The monoisotopic (exact) mass is 319 g/mol. The van der Waals surface area contributed by atoms with E-state index in [2.05, 4.69) is 5.32 Å². The van der Waals surface area contributed by atoms with Crippen LogP contribution in [0.1, 0.15) is 64.4 Å². The minimum Gasteiger partial charge on any atom is -0.445 e. The number of rotatable bonds is 3. The Morgan fingerprint density at radius 1 is 0.913 bits per heavy atom. The molecule has 0 radical (unpaired) electrons. The lowest BCUT2D eigenvalue weighted by molar-refractivity contribution is -0.152. The molecule has 1 rings (SSSR count). The summed E-state index contributed by atoms with van der Waals surface area (Å²) in [5.74, 6) is -0.788. The first-order valence-corrected chi connectivity index (χ1v) is 7.89. The van der Waals surface area contributed by atoms with Crippen LogP contribution in [0.2, 0.25) is 0 Å². The lowest BCUT2D eigenvalue weighted by atomic mass is 9.76. The van der Waals surface area contributed by atoms with Gasteiger partial charge in [-0.1, -0.05) is 38.5 Å². The Kier molecular flexibility index (Phi) is 5.30. The number of hydrogen-bond acceptors (Lipinski definition) is 3. The van der Waals surface area contributed by atoms with E-state index in [1.165, 1.54) is 0 Å². The average Bonchev–Trinajstić information content (AvgIpc) is 2.35. The molecule has 0 saturated carbocycles. The predicted octanol–water partition coefficient (Wildman–Crippen LogP) is 3.87. The molecule has 0 aliphatic heterocycles. The summed E-state index contributed by atoms with van der Waals surface area (Å²) in [5.41, 5.74) is -0.731. The highest BCUT2D eigenvalue weighted by Gasteiger charge is 2.49. The standard InChI is InChI=1S/C19H29NO3/c1-13-9-11-14(12-10-13)15(21)23-19(8,17(2,3)4)16(22)20-18(5,6)7/h9-12H,1-8H3,(H,20,22). The second-order valence-electron chi connectivity index (χ2n) is 8.24. The minimum absolute atomic E-state index is 0.294. The fourth-order valence-corrected chi connectivity index (χ4v) is 1.93. The van der Waals surface area contributed by atoms with Gasteiger partial charge in [-0.2, -0.15) is 0 Å². The maximum absolute atomic E-state index is 12.8. The molecule has 0 aromatic heterocycles. The predicted molar refractivity (Wildman–Crippen MR) is 92.4 cm³/mol. The number of ether oxygens (including phenoxy) is 1. The molecule has 1 aromatic rings. The number of nitrogens with one attached hydrogen (secondary N) is 1. The number of carbonyl (C=O) groups is 2. The van der Waals surface area contributed by atoms with Gasteiger partial charge in [0.2, 0.25) is 0 Å². The van der Waals surface area contributed by atoms with Crippen LogP contribution in [0.3, 0.4) is 0 Å². The molecule has 1 unspecified atom stereocenters. The largest absolute Gasteiger partial charge is 0.445 e. The van der Waals surface area contributed by atoms with Crippen molar-refractivity contribution in [1.29, 1.82) is 0 Å². The van der Waals surface area contributed by atoms with Gasteiger partial charge in [0.15, 0.2) is 5.60 Å². The van der Waals surface area contributed by atoms with Crippen molar-refractivity contribution in [3.63, 3.8) is 0 Å². The quantitative estimate of drug-likeness (QED) is 0.860. The van der Waals surface area contributed by atoms with Gasteiger partial charge < -0.3 is 10.1 Å². The Balaban J connectivity index is 3.10. The van der Waals surface area contributed by atoms with Crippen LogP contribution in [-0.4, -0.2) is 23.0 Å². The fraction of sp³-hybridized carbons (Fsp3) is 0.579. The minimum atomic E-state index is -1.28. The lowest BCUT2D eigenvalue weighted by Crippen LogP contribution is -2.59. The molecule has 4 nitrogen and oxygen atoms in total. The maximum atomic E-state index is 12.8. The molecule has 0 bridgehead atoms. The molecule has 128 valence electrons. The summed E-state index contributed by atoms with van der Waals surface area (Å²) in [6.07, 6.45) is 0. The van der Waals surface area contributed by atoms with Crippen LogP contribution in [0.5, 0.6) is 0 Å². The Hall–Kier alpha value is -1.84. The van der Waals surface area contributed by atoms with E-state index in [4.69, 9.17) is 4.74 Å². The molecular weight excluding hydrogens is 290 g/mol. The van der Waals surface area contributed by atoms with E-state index >= 15 is 0 Å². The van der Waals surface area contributed by atoms with Crippen LogP contribution in [-0.2, 0) is 9.53 Å². The van der Waals surface area contributed by atoms with E-state index < -0.39 is 22.5 Å². The highest BCUT2D eigenvalue weighted by molar-refractivity contribution is 5.94. The zero-order valence-electron chi connectivity index (χ0n) is 15.5. The Bertz CT molecular complexity index is 576. The average molecular weight is 319 g/mol. The molecule has 23 heavy (non-hydrogen) atoms. The van der Waals surface area contributed by atoms with Gasteiger partial charge >= 0.3 is 5.97 Å². The Morgan fingerprint density at radius 3 is 1.78 bits per heavy atom. The normalized spacial score (nSPS) is 14.8. The van der Waals surface area contributed by atoms with E-state index in [0.29, 0.717) is 5.56 Å². The first-order chi connectivity index (χ1) is 10.3. The third-order valence-electron chi connectivity index (χ3n) is 3.94. The SMILES string of the molecule is Cc1ccc(C(=O)OC(C)(C(=O)NC(C)(C)C)C(C)(C)C)cc1. The highest BCUT2D eigenvalue weighted by Crippen LogP contribution is 2.35. The van der Waals surface area contributed by atoms with Gasteiger partial charge in [0.05, 0.1) is 5.56 Å². The van der Waals surface area contributed by atoms with E-state index in [0.717, 1.165) is 5.56 Å². The zero-order chi connectivity index (χ0) is 18.1. The molecule has 0 heterocycles. The van der Waals surface area contributed by atoms with Gasteiger partial charge in [-0.3, -0.25) is 4.79 Å². The fourth-order valence-electron chi connectivity index (χ4n) is 1.93. The first kappa shape index (κ1) is 19.2. The van der Waals surface area contributed by atoms with Crippen molar-refractivity contribution < 1.29 is 14.3 Å². The molecule has 1 amide bonds. The van der Waals surface area contributed by atoms with Crippen LogP contribution in [0.25, 0.3) is 0 Å².